The molecule has 1 unspecified atom stereocenters. The van der Waals surface area contributed by atoms with Crippen LogP contribution in [0.15, 0.2) is 12.2 Å². The third-order valence-electron chi connectivity index (χ3n) is 3.31. The summed E-state index contributed by atoms with van der Waals surface area (Å²) in [6.45, 7) is 14.8. The lowest BCUT2D eigenvalue weighted by atomic mass is 9.79. The highest BCUT2D eigenvalue weighted by molar-refractivity contribution is 5.86. The summed E-state index contributed by atoms with van der Waals surface area (Å²) in [4.78, 5) is 11.3. The van der Waals surface area contributed by atoms with Gasteiger partial charge in [0.15, 0.2) is 0 Å². The normalized spacial score (nSPS) is 13.2. The van der Waals surface area contributed by atoms with Gasteiger partial charge in [-0.25, -0.2) is 4.79 Å². The van der Waals surface area contributed by atoms with Gasteiger partial charge in [-0.05, 0) is 31.1 Å². The molecule has 0 aliphatic rings. The summed E-state index contributed by atoms with van der Waals surface area (Å²) in [6.07, 6.45) is 5.98. The highest BCUT2D eigenvalue weighted by atomic mass is 16.5. The van der Waals surface area contributed by atoms with Crippen LogP contribution in [0.5, 0.6) is 0 Å². The van der Waals surface area contributed by atoms with Gasteiger partial charge in [0.05, 0.1) is 6.61 Å². The molecule has 0 radical (unpaired) electrons. The number of rotatable bonds is 9. The van der Waals surface area contributed by atoms with Crippen molar-refractivity contribution in [2.45, 2.75) is 66.7 Å². The van der Waals surface area contributed by atoms with Crippen molar-refractivity contribution in [1.29, 1.82) is 0 Å². The van der Waals surface area contributed by atoms with Crippen molar-refractivity contribution in [1.82, 2.24) is 0 Å². The Morgan fingerprint density at radius 3 is 2.50 bits per heavy atom. The number of carbonyl (C=O) groups is 1. The van der Waals surface area contributed by atoms with Crippen molar-refractivity contribution >= 4 is 5.97 Å². The smallest absolute Gasteiger partial charge is 0.333 e. The number of ether oxygens (including phenoxy) is 1. The Morgan fingerprint density at radius 1 is 1.39 bits per heavy atom. The summed E-state index contributed by atoms with van der Waals surface area (Å²) in [7, 11) is 0. The van der Waals surface area contributed by atoms with Crippen LogP contribution in [-0.2, 0) is 9.53 Å². The average Bonchev–Trinajstić information content (AvgIpc) is 2.25. The van der Waals surface area contributed by atoms with Crippen molar-refractivity contribution in [2.24, 2.45) is 11.3 Å². The van der Waals surface area contributed by atoms with Crippen LogP contribution in [0.4, 0.5) is 0 Å². The lowest BCUT2D eigenvalue weighted by molar-refractivity contribution is -0.139. The first-order chi connectivity index (χ1) is 8.28. The van der Waals surface area contributed by atoms with E-state index in [4.69, 9.17) is 4.74 Å². The Morgan fingerprint density at radius 2 is 2.00 bits per heavy atom. The minimum absolute atomic E-state index is 0.239. The second kappa shape index (κ2) is 8.34. The van der Waals surface area contributed by atoms with Crippen molar-refractivity contribution in [3.63, 3.8) is 0 Å². The SMILES string of the molecule is C=C(C)C(=O)OCCC(C)(C)CC(C)CCCC. The Kier molecular flexibility index (Phi) is 7.97. The van der Waals surface area contributed by atoms with E-state index in [0.717, 1.165) is 12.3 Å². The fraction of sp³-hybridized carbons (Fsp3) is 0.812. The molecule has 18 heavy (non-hydrogen) atoms. The summed E-state index contributed by atoms with van der Waals surface area (Å²) < 4.78 is 5.16. The zero-order valence-corrected chi connectivity index (χ0v) is 12.8. The van der Waals surface area contributed by atoms with Gasteiger partial charge in [-0.2, -0.15) is 0 Å². The third kappa shape index (κ3) is 8.32. The van der Waals surface area contributed by atoms with Crippen LogP contribution in [0.25, 0.3) is 0 Å². The van der Waals surface area contributed by atoms with Gasteiger partial charge in [0.25, 0.3) is 0 Å². The predicted octanol–water partition coefficient (Wildman–Crippen LogP) is 4.74. The van der Waals surface area contributed by atoms with Crippen LogP contribution < -0.4 is 0 Å². The maximum absolute atomic E-state index is 11.3. The molecule has 0 aromatic rings. The first kappa shape index (κ1) is 17.2. The van der Waals surface area contributed by atoms with Crippen LogP contribution in [0.3, 0.4) is 0 Å². The van der Waals surface area contributed by atoms with Gasteiger partial charge >= 0.3 is 5.97 Å². The first-order valence-corrected chi connectivity index (χ1v) is 7.11. The van der Waals surface area contributed by atoms with Crippen LogP contribution in [0.1, 0.15) is 66.7 Å². The van der Waals surface area contributed by atoms with Crippen molar-refractivity contribution in [3.05, 3.63) is 12.2 Å². The number of hydrogen-bond acceptors (Lipinski definition) is 2. The summed E-state index contributed by atoms with van der Waals surface area (Å²) in [5.74, 6) is 0.474. The van der Waals surface area contributed by atoms with Crippen molar-refractivity contribution < 1.29 is 9.53 Å². The van der Waals surface area contributed by atoms with Gasteiger partial charge in [0, 0.05) is 5.57 Å². The molecule has 0 aliphatic carbocycles. The van der Waals surface area contributed by atoms with E-state index in [2.05, 4.69) is 34.3 Å². The first-order valence-electron chi connectivity index (χ1n) is 7.11. The topological polar surface area (TPSA) is 26.3 Å². The van der Waals surface area contributed by atoms with E-state index in [1.165, 1.54) is 25.7 Å². The molecule has 0 N–H and O–H groups in total. The molecule has 0 aromatic carbocycles. The molecule has 0 aromatic heterocycles. The lowest BCUT2D eigenvalue weighted by Gasteiger charge is -2.28. The number of carbonyl (C=O) groups excluding carboxylic acids is 1. The highest BCUT2D eigenvalue weighted by Gasteiger charge is 2.21. The Labute approximate surface area is 113 Å². The molecule has 0 fully saturated rings. The molecule has 0 bridgehead atoms. The number of esters is 1. The summed E-state index contributed by atoms with van der Waals surface area (Å²) in [5, 5.41) is 0. The molecule has 0 saturated heterocycles. The van der Waals surface area contributed by atoms with Crippen molar-refractivity contribution in [3.8, 4) is 0 Å². The van der Waals surface area contributed by atoms with Crippen LogP contribution in [-0.4, -0.2) is 12.6 Å². The maximum atomic E-state index is 11.3. The highest BCUT2D eigenvalue weighted by Crippen LogP contribution is 2.31. The van der Waals surface area contributed by atoms with E-state index in [0.29, 0.717) is 12.2 Å². The summed E-state index contributed by atoms with van der Waals surface area (Å²) in [5.41, 5.74) is 0.715. The molecule has 2 nitrogen and oxygen atoms in total. The van der Waals surface area contributed by atoms with Gasteiger partial charge < -0.3 is 4.74 Å². The van der Waals surface area contributed by atoms with Crippen LogP contribution >= 0.6 is 0 Å². The van der Waals surface area contributed by atoms with E-state index in [1.807, 2.05) is 0 Å². The largest absolute Gasteiger partial charge is 0.462 e. The van der Waals surface area contributed by atoms with E-state index < -0.39 is 0 Å². The molecule has 0 rings (SSSR count). The fourth-order valence-electron chi connectivity index (χ4n) is 2.24. The molecular weight excluding hydrogens is 224 g/mol. The van der Waals surface area contributed by atoms with Gasteiger partial charge in [-0.3, -0.25) is 0 Å². The fourth-order valence-corrected chi connectivity index (χ4v) is 2.24. The monoisotopic (exact) mass is 254 g/mol. The quantitative estimate of drug-likeness (QED) is 0.439. The van der Waals surface area contributed by atoms with E-state index >= 15 is 0 Å². The van der Waals surface area contributed by atoms with Gasteiger partial charge in [0.2, 0.25) is 0 Å². The molecule has 2 heteroatoms. The zero-order valence-electron chi connectivity index (χ0n) is 12.8. The molecule has 0 heterocycles. The van der Waals surface area contributed by atoms with Crippen LogP contribution in [0, 0.1) is 11.3 Å². The summed E-state index contributed by atoms with van der Waals surface area (Å²) in [6, 6.07) is 0. The molecule has 106 valence electrons. The minimum Gasteiger partial charge on any atom is -0.462 e. The third-order valence-corrected chi connectivity index (χ3v) is 3.31. The van der Waals surface area contributed by atoms with Crippen LogP contribution in [0.2, 0.25) is 0 Å². The Hall–Kier alpha value is -0.790. The second-order valence-electron chi connectivity index (χ2n) is 6.28. The Bertz CT molecular complexity index is 266. The number of hydrogen-bond donors (Lipinski definition) is 0. The second-order valence-corrected chi connectivity index (χ2v) is 6.28. The average molecular weight is 254 g/mol. The lowest BCUT2D eigenvalue weighted by Crippen LogP contribution is -2.19. The molecular formula is C16H30O2. The molecule has 0 aliphatic heterocycles. The standard InChI is InChI=1S/C16H30O2/c1-7-8-9-14(4)12-16(5,6)10-11-18-15(17)13(2)3/h14H,2,7-12H2,1,3-6H3. The Balaban J connectivity index is 3.92. The van der Waals surface area contributed by atoms with E-state index in [-0.39, 0.29) is 11.4 Å². The molecule has 0 spiro atoms. The predicted molar refractivity (Wildman–Crippen MR) is 77.5 cm³/mol. The van der Waals surface area contributed by atoms with Gasteiger partial charge in [-0.1, -0.05) is 53.5 Å². The van der Waals surface area contributed by atoms with E-state index in [9.17, 15) is 4.79 Å². The van der Waals surface area contributed by atoms with Crippen molar-refractivity contribution in [2.75, 3.05) is 6.61 Å². The molecule has 0 saturated carbocycles. The molecule has 0 amide bonds. The minimum atomic E-state index is -0.273. The molecule has 1 atom stereocenters. The van der Waals surface area contributed by atoms with E-state index in [1.54, 1.807) is 6.92 Å². The number of unbranched alkanes of at least 4 members (excludes halogenated alkanes) is 1. The zero-order chi connectivity index (χ0) is 14.2. The maximum Gasteiger partial charge on any atom is 0.333 e. The van der Waals surface area contributed by atoms with Gasteiger partial charge in [0.1, 0.15) is 0 Å². The van der Waals surface area contributed by atoms with Gasteiger partial charge in [-0.15, -0.1) is 0 Å². The summed E-state index contributed by atoms with van der Waals surface area (Å²) >= 11 is 0.